The van der Waals surface area contributed by atoms with Crippen LogP contribution >= 0.6 is 11.6 Å². The molecular weight excluding hydrogens is 438 g/mol. The molecule has 3 amide bonds. The number of para-hydroxylation sites is 1. The predicted octanol–water partition coefficient (Wildman–Crippen LogP) is 4.28. The number of anilines is 1. The molecule has 0 saturated heterocycles. The zero-order valence-corrected chi connectivity index (χ0v) is 17.0. The van der Waals surface area contributed by atoms with Crippen LogP contribution < -0.4 is 10.1 Å². The van der Waals surface area contributed by atoms with Crippen LogP contribution in [0.15, 0.2) is 66.7 Å². The van der Waals surface area contributed by atoms with Crippen molar-refractivity contribution in [1.82, 2.24) is 4.90 Å². The molecule has 0 spiro atoms. The molecule has 9 nitrogen and oxygen atoms in total. The molecule has 0 atom stereocenters. The van der Waals surface area contributed by atoms with Crippen molar-refractivity contribution in [3.63, 3.8) is 0 Å². The molecule has 3 aromatic rings. The molecule has 3 aromatic carbocycles. The molecule has 1 aliphatic heterocycles. The second-order valence-corrected chi connectivity index (χ2v) is 7.17. The Hall–Kier alpha value is -4.24. The van der Waals surface area contributed by atoms with E-state index in [9.17, 15) is 24.5 Å². The summed E-state index contributed by atoms with van der Waals surface area (Å²) in [5, 5.41) is 14.2. The minimum Gasteiger partial charge on any atom is -0.456 e. The van der Waals surface area contributed by atoms with E-state index < -0.39 is 34.9 Å². The van der Waals surface area contributed by atoms with Crippen LogP contribution in [-0.2, 0) is 4.79 Å². The van der Waals surface area contributed by atoms with Gasteiger partial charge in [0, 0.05) is 11.8 Å². The maximum Gasteiger partial charge on any atom is 0.282 e. The molecule has 1 heterocycles. The maximum absolute atomic E-state index is 12.6. The number of amides is 3. The third-order valence-electron chi connectivity index (χ3n) is 4.68. The van der Waals surface area contributed by atoms with Crippen LogP contribution in [0.3, 0.4) is 0 Å². The number of imide groups is 1. The average Bonchev–Trinajstić information content (AvgIpc) is 3.01. The number of nitrogens with one attached hydrogen (secondary N) is 1. The fourth-order valence-electron chi connectivity index (χ4n) is 3.22. The van der Waals surface area contributed by atoms with E-state index in [4.69, 9.17) is 16.3 Å². The van der Waals surface area contributed by atoms with Gasteiger partial charge >= 0.3 is 0 Å². The lowest BCUT2D eigenvalue weighted by molar-refractivity contribution is -0.385. The molecule has 10 heteroatoms. The first-order valence-corrected chi connectivity index (χ1v) is 9.69. The number of carbonyl (C=O) groups is 3. The van der Waals surface area contributed by atoms with E-state index >= 15 is 0 Å². The predicted molar refractivity (Wildman–Crippen MR) is 115 cm³/mol. The Balaban J connectivity index is 1.42. The lowest BCUT2D eigenvalue weighted by Gasteiger charge is -2.14. The number of hydrogen-bond donors (Lipinski definition) is 1. The van der Waals surface area contributed by atoms with Gasteiger partial charge in [-0.1, -0.05) is 29.8 Å². The highest BCUT2D eigenvalue weighted by Gasteiger charge is 2.41. The van der Waals surface area contributed by atoms with Crippen LogP contribution in [0.4, 0.5) is 11.4 Å². The van der Waals surface area contributed by atoms with E-state index in [0.717, 1.165) is 6.07 Å². The van der Waals surface area contributed by atoms with Gasteiger partial charge in [-0.25, -0.2) is 0 Å². The summed E-state index contributed by atoms with van der Waals surface area (Å²) >= 11 is 6.06. The summed E-state index contributed by atoms with van der Waals surface area (Å²) in [7, 11) is 0. The maximum atomic E-state index is 12.6. The smallest absolute Gasteiger partial charge is 0.282 e. The number of nitro groups is 1. The second-order valence-electron chi connectivity index (χ2n) is 6.76. The molecule has 0 unspecified atom stereocenters. The van der Waals surface area contributed by atoms with Crippen molar-refractivity contribution in [3.8, 4) is 11.5 Å². The van der Waals surface area contributed by atoms with E-state index in [1.54, 1.807) is 48.5 Å². The molecule has 0 aromatic heterocycles. The minimum atomic E-state index is -0.879. The number of nitrogens with zero attached hydrogens (tertiary/aromatic N) is 2. The summed E-state index contributed by atoms with van der Waals surface area (Å²) in [5.74, 6) is -1.31. The van der Waals surface area contributed by atoms with Crippen molar-refractivity contribution < 1.29 is 24.0 Å². The van der Waals surface area contributed by atoms with Crippen molar-refractivity contribution in [2.75, 3.05) is 11.9 Å². The highest BCUT2D eigenvalue weighted by atomic mass is 35.5. The van der Waals surface area contributed by atoms with E-state index in [-0.39, 0.29) is 11.1 Å². The number of benzene rings is 3. The van der Waals surface area contributed by atoms with Gasteiger partial charge in [0.1, 0.15) is 23.6 Å². The first-order valence-electron chi connectivity index (χ1n) is 9.31. The lowest BCUT2D eigenvalue weighted by atomic mass is 10.1. The number of nitro benzene ring substituents is 1. The monoisotopic (exact) mass is 451 g/mol. The summed E-state index contributed by atoms with van der Waals surface area (Å²) in [4.78, 5) is 48.6. The fraction of sp³-hybridized carbons (Fsp3) is 0.0455. The zero-order chi connectivity index (χ0) is 22.8. The fourth-order valence-corrected chi connectivity index (χ4v) is 3.39. The second kappa shape index (κ2) is 8.48. The summed E-state index contributed by atoms with van der Waals surface area (Å²) < 4.78 is 5.67. The van der Waals surface area contributed by atoms with Crippen molar-refractivity contribution in [1.29, 1.82) is 0 Å². The lowest BCUT2D eigenvalue weighted by Crippen LogP contribution is -2.37. The average molecular weight is 452 g/mol. The van der Waals surface area contributed by atoms with Gasteiger partial charge in [0.15, 0.2) is 0 Å². The molecule has 0 radical (unpaired) electrons. The van der Waals surface area contributed by atoms with Crippen LogP contribution in [0.1, 0.15) is 20.7 Å². The molecule has 0 bridgehead atoms. The highest BCUT2D eigenvalue weighted by molar-refractivity contribution is 6.32. The molecule has 1 aliphatic rings. The van der Waals surface area contributed by atoms with Crippen molar-refractivity contribution in [2.45, 2.75) is 0 Å². The quantitative estimate of drug-likeness (QED) is 0.339. The van der Waals surface area contributed by atoms with Crippen LogP contribution in [0.25, 0.3) is 0 Å². The number of carbonyl (C=O) groups excluding carboxylic acids is 3. The largest absolute Gasteiger partial charge is 0.456 e. The Morgan fingerprint density at radius 1 is 1.00 bits per heavy atom. The topological polar surface area (TPSA) is 119 Å². The third-order valence-corrected chi connectivity index (χ3v) is 4.99. The molecule has 32 heavy (non-hydrogen) atoms. The molecule has 0 aliphatic carbocycles. The summed E-state index contributed by atoms with van der Waals surface area (Å²) in [5.41, 5.74) is -0.476. The Morgan fingerprint density at radius 3 is 2.41 bits per heavy atom. The standard InChI is InChI=1S/C22H14ClN3O6/c23-16-5-1-2-7-18(16)32-14-10-8-13(9-11-14)24-19(27)12-25-21(28)15-4-3-6-17(26(30)31)20(15)22(25)29/h1-11H,12H2,(H,24,27). The number of hydrogen-bond acceptors (Lipinski definition) is 6. The summed E-state index contributed by atoms with van der Waals surface area (Å²) in [6.45, 7) is -0.582. The van der Waals surface area contributed by atoms with Crippen molar-refractivity contribution >= 4 is 40.7 Å². The Morgan fingerprint density at radius 2 is 1.72 bits per heavy atom. The summed E-state index contributed by atoms with van der Waals surface area (Å²) in [6.07, 6.45) is 0. The van der Waals surface area contributed by atoms with Crippen molar-refractivity contribution in [3.05, 3.63) is 93.0 Å². The van der Waals surface area contributed by atoms with Crippen molar-refractivity contribution in [2.24, 2.45) is 0 Å². The van der Waals surface area contributed by atoms with E-state index in [0.29, 0.717) is 27.1 Å². The Labute approximate surface area is 186 Å². The number of rotatable bonds is 6. The Kier molecular flexibility index (Phi) is 5.57. The molecule has 0 fully saturated rings. The van der Waals surface area contributed by atoms with Gasteiger partial charge in [0.2, 0.25) is 5.91 Å². The molecule has 160 valence electrons. The van der Waals surface area contributed by atoms with Crippen LogP contribution in [0, 0.1) is 10.1 Å². The van der Waals surface area contributed by atoms with E-state index in [2.05, 4.69) is 5.32 Å². The number of ether oxygens (including phenoxy) is 1. The van der Waals surface area contributed by atoms with Gasteiger partial charge in [-0.2, -0.15) is 0 Å². The first-order chi connectivity index (χ1) is 15.3. The highest BCUT2D eigenvalue weighted by Crippen LogP contribution is 2.31. The third kappa shape index (κ3) is 4.01. The van der Waals surface area contributed by atoms with Crippen LogP contribution in [-0.4, -0.2) is 34.1 Å². The van der Waals surface area contributed by atoms with Crippen LogP contribution in [0.5, 0.6) is 11.5 Å². The van der Waals surface area contributed by atoms with Crippen LogP contribution in [0.2, 0.25) is 5.02 Å². The molecule has 4 rings (SSSR count). The van der Waals surface area contributed by atoms with Gasteiger partial charge in [0.25, 0.3) is 17.5 Å². The van der Waals surface area contributed by atoms with Gasteiger partial charge in [-0.3, -0.25) is 29.4 Å². The molecular formula is C22H14ClN3O6. The minimum absolute atomic E-state index is 0.0990. The molecule has 1 N–H and O–H groups in total. The number of halogens is 1. The van der Waals surface area contributed by atoms with Gasteiger partial charge < -0.3 is 10.1 Å². The Bertz CT molecular complexity index is 1260. The normalized spacial score (nSPS) is 12.5. The first kappa shape index (κ1) is 21.0. The summed E-state index contributed by atoms with van der Waals surface area (Å²) in [6, 6.07) is 17.1. The van der Waals surface area contributed by atoms with Gasteiger partial charge in [-0.05, 0) is 42.5 Å². The van der Waals surface area contributed by atoms with E-state index in [1.165, 1.54) is 12.1 Å². The SMILES string of the molecule is O=C(CN1C(=O)c2cccc([N+](=O)[O-])c2C1=O)Nc1ccc(Oc2ccccc2Cl)cc1. The zero-order valence-electron chi connectivity index (χ0n) is 16.3. The van der Waals surface area contributed by atoms with Gasteiger partial charge in [0.05, 0.1) is 15.5 Å². The van der Waals surface area contributed by atoms with Gasteiger partial charge in [-0.15, -0.1) is 0 Å². The van der Waals surface area contributed by atoms with E-state index in [1.807, 2.05) is 0 Å². The number of fused-ring (bicyclic) bond motifs is 1. The molecule has 0 saturated carbocycles.